The van der Waals surface area contributed by atoms with Crippen LogP contribution < -0.4 is 5.32 Å². The molecule has 5 heteroatoms. The van der Waals surface area contributed by atoms with Crippen molar-refractivity contribution < 1.29 is 14.0 Å². The summed E-state index contributed by atoms with van der Waals surface area (Å²) in [4.78, 5) is 27.6. The van der Waals surface area contributed by atoms with Crippen molar-refractivity contribution in [2.24, 2.45) is 11.8 Å². The zero-order chi connectivity index (χ0) is 21.1. The zero-order valence-electron chi connectivity index (χ0n) is 17.4. The highest BCUT2D eigenvalue weighted by Gasteiger charge is 2.39. The molecule has 2 aromatic rings. The van der Waals surface area contributed by atoms with E-state index in [1.807, 2.05) is 29.2 Å². The topological polar surface area (TPSA) is 49.4 Å². The van der Waals surface area contributed by atoms with Crippen LogP contribution in [0.5, 0.6) is 0 Å². The largest absolute Gasteiger partial charge is 0.355 e. The van der Waals surface area contributed by atoms with Gasteiger partial charge in [0.15, 0.2) is 0 Å². The lowest BCUT2D eigenvalue weighted by molar-refractivity contribution is -0.137. The predicted molar refractivity (Wildman–Crippen MR) is 114 cm³/mol. The number of carbonyl (C=O) groups excluding carboxylic acids is 2. The van der Waals surface area contributed by atoms with Crippen LogP contribution in [0.1, 0.15) is 41.9 Å². The molecule has 1 saturated carbocycles. The number of carbonyl (C=O) groups is 2. The Kier molecular flexibility index (Phi) is 6.16. The van der Waals surface area contributed by atoms with Gasteiger partial charge in [-0.15, -0.1) is 0 Å². The minimum Gasteiger partial charge on any atom is -0.355 e. The Bertz CT molecular complexity index is 911. The molecule has 2 atom stereocenters. The standard InChI is InChI=1S/C25H29FN2O2/c1-17-13-20(9-10-23(17)26)21-14-22(16-28(15-21)25(30)19-7-8-19)24(29)27-12-11-18-5-3-2-4-6-18/h2-6,9-10,13,19,21-22H,7-8,11-12,14-16H2,1H3,(H,27,29). The average molecular weight is 409 g/mol. The second-order valence-electron chi connectivity index (χ2n) is 8.68. The van der Waals surface area contributed by atoms with Crippen LogP contribution in [0.2, 0.25) is 0 Å². The third-order valence-corrected chi connectivity index (χ3v) is 6.27. The minimum absolute atomic E-state index is 0.00283. The minimum atomic E-state index is -0.243. The molecule has 2 fully saturated rings. The van der Waals surface area contributed by atoms with Crippen LogP contribution in [0.4, 0.5) is 4.39 Å². The zero-order valence-corrected chi connectivity index (χ0v) is 17.4. The molecule has 0 bridgehead atoms. The molecule has 2 amide bonds. The number of likely N-dealkylation sites (tertiary alicyclic amines) is 1. The van der Waals surface area contributed by atoms with Crippen molar-refractivity contribution in [2.45, 2.75) is 38.5 Å². The highest BCUT2D eigenvalue weighted by atomic mass is 19.1. The Labute approximate surface area is 177 Å². The molecule has 1 N–H and O–H groups in total. The lowest BCUT2D eigenvalue weighted by atomic mass is 9.83. The van der Waals surface area contributed by atoms with Gasteiger partial charge in [-0.2, -0.15) is 0 Å². The van der Waals surface area contributed by atoms with Gasteiger partial charge in [0.05, 0.1) is 5.92 Å². The fourth-order valence-corrected chi connectivity index (χ4v) is 4.34. The Morgan fingerprint density at radius 3 is 2.53 bits per heavy atom. The second-order valence-corrected chi connectivity index (χ2v) is 8.68. The van der Waals surface area contributed by atoms with Gasteiger partial charge < -0.3 is 10.2 Å². The molecule has 0 radical (unpaired) electrons. The number of piperidine rings is 1. The van der Waals surface area contributed by atoms with Gasteiger partial charge in [0.25, 0.3) is 0 Å². The molecule has 2 aliphatic rings. The van der Waals surface area contributed by atoms with E-state index in [1.165, 1.54) is 11.6 Å². The van der Waals surface area contributed by atoms with E-state index in [0.29, 0.717) is 31.6 Å². The number of nitrogens with zero attached hydrogens (tertiary/aromatic N) is 1. The summed E-state index contributed by atoms with van der Waals surface area (Å²) in [6, 6.07) is 15.2. The highest BCUT2D eigenvalue weighted by molar-refractivity contribution is 5.83. The number of hydrogen-bond acceptors (Lipinski definition) is 2. The van der Waals surface area contributed by atoms with Crippen molar-refractivity contribution in [3.63, 3.8) is 0 Å². The Morgan fingerprint density at radius 2 is 1.83 bits per heavy atom. The smallest absolute Gasteiger partial charge is 0.225 e. The molecule has 2 unspecified atom stereocenters. The molecule has 1 saturated heterocycles. The van der Waals surface area contributed by atoms with Gasteiger partial charge in [-0.3, -0.25) is 9.59 Å². The number of hydrogen-bond donors (Lipinski definition) is 1. The monoisotopic (exact) mass is 408 g/mol. The second kappa shape index (κ2) is 8.99. The molecule has 1 aliphatic carbocycles. The average Bonchev–Trinajstić information content (AvgIpc) is 3.61. The quantitative estimate of drug-likeness (QED) is 0.790. The fraction of sp³-hybridized carbons (Fsp3) is 0.440. The first-order valence-electron chi connectivity index (χ1n) is 10.9. The maximum atomic E-state index is 13.7. The number of aryl methyl sites for hydroxylation is 1. The first kappa shape index (κ1) is 20.6. The molecule has 2 aromatic carbocycles. The van der Waals surface area contributed by atoms with Crippen LogP contribution in [0, 0.1) is 24.6 Å². The summed E-state index contributed by atoms with van der Waals surface area (Å²) in [7, 11) is 0. The van der Waals surface area contributed by atoms with Crippen molar-refractivity contribution in [3.8, 4) is 0 Å². The number of rotatable bonds is 6. The maximum absolute atomic E-state index is 13.7. The SMILES string of the molecule is Cc1cc(C2CC(C(=O)NCCc3ccccc3)CN(C(=O)C3CC3)C2)ccc1F. The fourth-order valence-electron chi connectivity index (χ4n) is 4.34. The highest BCUT2D eigenvalue weighted by Crippen LogP contribution is 2.36. The summed E-state index contributed by atoms with van der Waals surface area (Å²) >= 11 is 0. The summed E-state index contributed by atoms with van der Waals surface area (Å²) in [6.07, 6.45) is 3.36. The van der Waals surface area contributed by atoms with E-state index in [0.717, 1.165) is 24.8 Å². The lowest BCUT2D eigenvalue weighted by Gasteiger charge is -2.37. The molecule has 30 heavy (non-hydrogen) atoms. The summed E-state index contributed by atoms with van der Waals surface area (Å²) in [5.74, 6) is -0.127. The molecular formula is C25H29FN2O2. The normalized spacial score (nSPS) is 21.3. The van der Waals surface area contributed by atoms with Gasteiger partial charge >= 0.3 is 0 Å². The van der Waals surface area contributed by atoms with Gasteiger partial charge in [-0.1, -0.05) is 42.5 Å². The molecule has 1 heterocycles. The summed E-state index contributed by atoms with van der Waals surface area (Å²) < 4.78 is 13.7. The van der Waals surface area contributed by atoms with E-state index < -0.39 is 0 Å². The Hall–Kier alpha value is -2.69. The number of amides is 2. The first-order valence-corrected chi connectivity index (χ1v) is 10.9. The van der Waals surface area contributed by atoms with Crippen LogP contribution in [0.25, 0.3) is 0 Å². The molecule has 4 rings (SSSR count). The van der Waals surface area contributed by atoms with E-state index in [1.54, 1.807) is 13.0 Å². The Morgan fingerprint density at radius 1 is 1.07 bits per heavy atom. The number of benzene rings is 2. The molecular weight excluding hydrogens is 379 g/mol. The molecule has 1 aliphatic heterocycles. The van der Waals surface area contributed by atoms with Crippen LogP contribution in [-0.4, -0.2) is 36.3 Å². The van der Waals surface area contributed by atoms with E-state index in [4.69, 9.17) is 0 Å². The first-order chi connectivity index (χ1) is 14.5. The van der Waals surface area contributed by atoms with E-state index in [-0.39, 0.29) is 35.4 Å². The van der Waals surface area contributed by atoms with E-state index in [2.05, 4.69) is 17.4 Å². The van der Waals surface area contributed by atoms with Gasteiger partial charge in [0, 0.05) is 31.5 Å². The third kappa shape index (κ3) is 4.89. The van der Waals surface area contributed by atoms with Crippen LogP contribution in [-0.2, 0) is 16.0 Å². The molecule has 158 valence electrons. The molecule has 0 spiro atoms. The Balaban J connectivity index is 1.44. The van der Waals surface area contributed by atoms with Gasteiger partial charge in [0.2, 0.25) is 11.8 Å². The van der Waals surface area contributed by atoms with Crippen LogP contribution >= 0.6 is 0 Å². The van der Waals surface area contributed by atoms with Crippen LogP contribution in [0.15, 0.2) is 48.5 Å². The molecule has 4 nitrogen and oxygen atoms in total. The van der Waals surface area contributed by atoms with Crippen molar-refractivity contribution in [1.29, 1.82) is 0 Å². The number of halogens is 1. The van der Waals surface area contributed by atoms with Gasteiger partial charge in [-0.25, -0.2) is 4.39 Å². The lowest BCUT2D eigenvalue weighted by Crippen LogP contribution is -2.48. The van der Waals surface area contributed by atoms with Crippen molar-refractivity contribution in [3.05, 3.63) is 71.0 Å². The summed E-state index contributed by atoms with van der Waals surface area (Å²) in [5.41, 5.74) is 2.79. The predicted octanol–water partition coefficient (Wildman–Crippen LogP) is 3.84. The van der Waals surface area contributed by atoms with Gasteiger partial charge in [-0.05, 0) is 55.4 Å². The summed E-state index contributed by atoms with van der Waals surface area (Å²) in [6.45, 7) is 3.41. The van der Waals surface area contributed by atoms with E-state index in [9.17, 15) is 14.0 Å². The van der Waals surface area contributed by atoms with E-state index >= 15 is 0 Å². The number of nitrogens with one attached hydrogen (secondary N) is 1. The summed E-state index contributed by atoms with van der Waals surface area (Å²) in [5, 5.41) is 3.06. The third-order valence-electron chi connectivity index (χ3n) is 6.27. The van der Waals surface area contributed by atoms with Crippen molar-refractivity contribution in [2.75, 3.05) is 19.6 Å². The van der Waals surface area contributed by atoms with Crippen LogP contribution in [0.3, 0.4) is 0 Å². The molecule has 0 aromatic heterocycles. The van der Waals surface area contributed by atoms with Crippen molar-refractivity contribution in [1.82, 2.24) is 10.2 Å². The van der Waals surface area contributed by atoms with Crippen molar-refractivity contribution >= 4 is 11.8 Å². The maximum Gasteiger partial charge on any atom is 0.225 e. The van der Waals surface area contributed by atoms with Gasteiger partial charge in [0.1, 0.15) is 5.82 Å².